The molecular formula is C16H17NO3S. The highest BCUT2D eigenvalue weighted by atomic mass is 32.1. The van der Waals surface area contributed by atoms with Crippen molar-refractivity contribution < 1.29 is 9.90 Å². The van der Waals surface area contributed by atoms with Gasteiger partial charge in [0.05, 0.1) is 17.0 Å². The quantitative estimate of drug-likeness (QED) is 0.942. The molecule has 0 saturated heterocycles. The van der Waals surface area contributed by atoms with Gasteiger partial charge in [0, 0.05) is 11.6 Å². The second-order valence-electron chi connectivity index (χ2n) is 5.41. The van der Waals surface area contributed by atoms with Crippen molar-refractivity contribution in [3.63, 3.8) is 0 Å². The SMILES string of the molecule is O=C(O)Cc1ccc(-c2cccs2)n(C2CCCC2)c1=O. The number of aliphatic carboxylic acids is 1. The summed E-state index contributed by atoms with van der Waals surface area (Å²) in [4.78, 5) is 24.7. The maximum absolute atomic E-state index is 12.7. The Morgan fingerprint density at radius 3 is 2.67 bits per heavy atom. The van der Waals surface area contributed by atoms with Gasteiger partial charge in [0.1, 0.15) is 0 Å². The fourth-order valence-electron chi connectivity index (χ4n) is 3.04. The van der Waals surface area contributed by atoms with Crippen molar-refractivity contribution >= 4 is 17.3 Å². The molecule has 1 aliphatic rings. The highest BCUT2D eigenvalue weighted by molar-refractivity contribution is 7.13. The summed E-state index contributed by atoms with van der Waals surface area (Å²) in [5.74, 6) is -0.964. The van der Waals surface area contributed by atoms with E-state index in [2.05, 4.69) is 0 Å². The fourth-order valence-corrected chi connectivity index (χ4v) is 3.79. The van der Waals surface area contributed by atoms with Crippen LogP contribution in [0.1, 0.15) is 37.3 Å². The standard InChI is InChI=1S/C16H17NO3S/c18-15(19)10-11-7-8-13(14-6-3-9-21-14)17(16(11)20)12-4-1-2-5-12/h3,6-9,12H,1-2,4-5,10H2,(H,18,19). The van der Waals surface area contributed by atoms with E-state index in [0.29, 0.717) is 5.56 Å². The molecule has 2 aromatic heterocycles. The van der Waals surface area contributed by atoms with E-state index >= 15 is 0 Å². The third kappa shape index (κ3) is 2.78. The highest BCUT2D eigenvalue weighted by Crippen LogP contribution is 2.33. The minimum absolute atomic E-state index is 0.143. The van der Waals surface area contributed by atoms with Crippen molar-refractivity contribution in [2.45, 2.75) is 38.1 Å². The van der Waals surface area contributed by atoms with E-state index in [1.165, 1.54) is 0 Å². The Morgan fingerprint density at radius 1 is 1.29 bits per heavy atom. The number of hydrogen-bond donors (Lipinski definition) is 1. The lowest BCUT2D eigenvalue weighted by Crippen LogP contribution is -2.28. The Hall–Kier alpha value is -1.88. The minimum Gasteiger partial charge on any atom is -0.481 e. The van der Waals surface area contributed by atoms with Crippen LogP contribution in [-0.4, -0.2) is 15.6 Å². The first-order chi connectivity index (χ1) is 10.2. The van der Waals surface area contributed by atoms with E-state index in [1.54, 1.807) is 17.4 Å². The van der Waals surface area contributed by atoms with Gasteiger partial charge in [-0.05, 0) is 30.4 Å². The number of hydrogen-bond acceptors (Lipinski definition) is 3. The van der Waals surface area contributed by atoms with Gasteiger partial charge in [0.2, 0.25) is 0 Å². The van der Waals surface area contributed by atoms with Crippen molar-refractivity contribution in [3.05, 3.63) is 45.6 Å². The molecular weight excluding hydrogens is 286 g/mol. The molecule has 1 fully saturated rings. The van der Waals surface area contributed by atoms with E-state index in [1.807, 2.05) is 28.1 Å². The fraction of sp³-hybridized carbons (Fsp3) is 0.375. The predicted octanol–water partition coefficient (Wildman–Crippen LogP) is 3.32. The summed E-state index contributed by atoms with van der Waals surface area (Å²) in [5.41, 5.74) is 1.14. The van der Waals surface area contributed by atoms with Crippen molar-refractivity contribution in [2.75, 3.05) is 0 Å². The molecule has 5 heteroatoms. The highest BCUT2D eigenvalue weighted by Gasteiger charge is 2.23. The zero-order valence-electron chi connectivity index (χ0n) is 11.6. The van der Waals surface area contributed by atoms with E-state index in [-0.39, 0.29) is 18.0 Å². The molecule has 2 heterocycles. The molecule has 1 saturated carbocycles. The first-order valence-electron chi connectivity index (χ1n) is 7.17. The van der Waals surface area contributed by atoms with Gasteiger partial charge >= 0.3 is 5.97 Å². The molecule has 1 N–H and O–H groups in total. The van der Waals surface area contributed by atoms with Gasteiger partial charge in [-0.3, -0.25) is 9.59 Å². The molecule has 2 aromatic rings. The summed E-state index contributed by atoms with van der Waals surface area (Å²) in [6.45, 7) is 0. The average Bonchev–Trinajstić information content (AvgIpc) is 3.12. The summed E-state index contributed by atoms with van der Waals surface area (Å²) in [6, 6.07) is 7.72. The van der Waals surface area contributed by atoms with Crippen molar-refractivity contribution in [1.82, 2.24) is 4.57 Å². The Labute approximate surface area is 126 Å². The van der Waals surface area contributed by atoms with Gasteiger partial charge < -0.3 is 9.67 Å². The van der Waals surface area contributed by atoms with Gasteiger partial charge in [-0.1, -0.05) is 25.0 Å². The molecule has 21 heavy (non-hydrogen) atoms. The maximum atomic E-state index is 12.7. The van der Waals surface area contributed by atoms with E-state index < -0.39 is 5.97 Å². The molecule has 0 aromatic carbocycles. The molecule has 0 aliphatic heterocycles. The zero-order valence-corrected chi connectivity index (χ0v) is 12.4. The van der Waals surface area contributed by atoms with Crippen LogP contribution in [0.4, 0.5) is 0 Å². The number of carboxylic acid groups (broad SMARTS) is 1. The molecule has 0 atom stereocenters. The number of pyridine rings is 1. The van der Waals surface area contributed by atoms with Crippen molar-refractivity contribution in [1.29, 1.82) is 0 Å². The first kappa shape index (κ1) is 14.1. The molecule has 0 radical (unpaired) electrons. The minimum atomic E-state index is -0.964. The zero-order chi connectivity index (χ0) is 14.8. The van der Waals surface area contributed by atoms with Gasteiger partial charge in [-0.15, -0.1) is 11.3 Å². The monoisotopic (exact) mass is 303 g/mol. The van der Waals surface area contributed by atoms with Crippen LogP contribution >= 0.6 is 11.3 Å². The smallest absolute Gasteiger partial charge is 0.308 e. The maximum Gasteiger partial charge on any atom is 0.308 e. The van der Waals surface area contributed by atoms with Crippen LogP contribution in [0, 0.1) is 0 Å². The lowest BCUT2D eigenvalue weighted by atomic mass is 10.1. The van der Waals surface area contributed by atoms with Gasteiger partial charge in [-0.25, -0.2) is 0 Å². The summed E-state index contributed by atoms with van der Waals surface area (Å²) < 4.78 is 1.83. The second-order valence-corrected chi connectivity index (χ2v) is 6.35. The predicted molar refractivity (Wildman–Crippen MR) is 82.9 cm³/mol. The summed E-state index contributed by atoms with van der Waals surface area (Å²) in [5, 5.41) is 10.9. The number of thiophene rings is 1. The number of nitrogens with zero attached hydrogens (tertiary/aromatic N) is 1. The molecule has 1 aliphatic carbocycles. The van der Waals surface area contributed by atoms with E-state index in [9.17, 15) is 9.59 Å². The van der Waals surface area contributed by atoms with Gasteiger partial charge in [0.25, 0.3) is 5.56 Å². The molecule has 0 amide bonds. The third-order valence-corrected chi connectivity index (χ3v) is 4.89. The summed E-state index contributed by atoms with van der Waals surface area (Å²) in [6.07, 6.45) is 4.04. The summed E-state index contributed by atoms with van der Waals surface area (Å²) >= 11 is 1.60. The summed E-state index contributed by atoms with van der Waals surface area (Å²) in [7, 11) is 0. The largest absolute Gasteiger partial charge is 0.481 e. The molecule has 110 valence electrons. The first-order valence-corrected chi connectivity index (χ1v) is 8.05. The lowest BCUT2D eigenvalue weighted by Gasteiger charge is -2.19. The van der Waals surface area contributed by atoms with Crippen LogP contribution < -0.4 is 5.56 Å². The average molecular weight is 303 g/mol. The molecule has 0 spiro atoms. The van der Waals surface area contributed by atoms with E-state index in [4.69, 9.17) is 5.11 Å². The number of aromatic nitrogens is 1. The van der Waals surface area contributed by atoms with E-state index in [0.717, 1.165) is 36.3 Å². The Balaban J connectivity index is 2.14. The van der Waals surface area contributed by atoms with Gasteiger partial charge in [0.15, 0.2) is 0 Å². The lowest BCUT2D eigenvalue weighted by molar-refractivity contribution is -0.136. The Kier molecular flexibility index (Phi) is 3.92. The Bertz CT molecular complexity index is 697. The van der Waals surface area contributed by atoms with Crippen molar-refractivity contribution in [3.8, 4) is 10.6 Å². The van der Waals surface area contributed by atoms with Crippen LogP contribution in [0.3, 0.4) is 0 Å². The number of carbonyl (C=O) groups is 1. The normalized spacial score (nSPS) is 15.4. The van der Waals surface area contributed by atoms with Crippen molar-refractivity contribution in [2.24, 2.45) is 0 Å². The third-order valence-electron chi connectivity index (χ3n) is 4.00. The Morgan fingerprint density at radius 2 is 2.05 bits per heavy atom. The number of rotatable bonds is 4. The van der Waals surface area contributed by atoms with Crippen LogP contribution in [0.5, 0.6) is 0 Å². The van der Waals surface area contributed by atoms with Gasteiger partial charge in [-0.2, -0.15) is 0 Å². The molecule has 0 bridgehead atoms. The van der Waals surface area contributed by atoms with Crippen LogP contribution in [-0.2, 0) is 11.2 Å². The molecule has 0 unspecified atom stereocenters. The van der Waals surface area contributed by atoms with Crippen LogP contribution in [0.15, 0.2) is 34.4 Å². The van der Waals surface area contributed by atoms with Crippen LogP contribution in [0.2, 0.25) is 0 Å². The molecule has 4 nitrogen and oxygen atoms in total. The topological polar surface area (TPSA) is 59.3 Å². The van der Waals surface area contributed by atoms with Crippen LogP contribution in [0.25, 0.3) is 10.6 Å². The second kappa shape index (κ2) is 5.85. The molecule has 3 rings (SSSR count). The number of carboxylic acids is 1.